The van der Waals surface area contributed by atoms with Crippen molar-refractivity contribution in [2.75, 3.05) is 6.54 Å². The molecule has 0 saturated heterocycles. The smallest absolute Gasteiger partial charge is 0.332 e. The van der Waals surface area contributed by atoms with Crippen molar-refractivity contribution in [2.45, 2.75) is 51.2 Å². The van der Waals surface area contributed by atoms with Crippen LogP contribution in [0.1, 0.15) is 31.2 Å². The highest BCUT2D eigenvalue weighted by molar-refractivity contribution is 6.30. The summed E-state index contributed by atoms with van der Waals surface area (Å²) < 4.78 is 7.85. The van der Waals surface area contributed by atoms with Gasteiger partial charge in [-0.2, -0.15) is 0 Å². The van der Waals surface area contributed by atoms with Gasteiger partial charge in [0.15, 0.2) is 0 Å². The van der Waals surface area contributed by atoms with E-state index in [0.29, 0.717) is 29.0 Å². The molecule has 0 unspecified atom stereocenters. The van der Waals surface area contributed by atoms with Crippen LogP contribution in [0.25, 0.3) is 22.1 Å². The molecule has 0 aliphatic heterocycles. The molecule has 0 spiro atoms. The minimum atomic E-state index is -0.738. The first kappa shape index (κ1) is 24.8. The standard InChI is InChI=1S/C27H27ClN4O5/c28-18-11-9-17(10-12-18)13-14-29-22(33)15-31-24-20-7-3-4-8-21(20)37-25(24)26(35)32(27(31)36)16-23(34)30-19-5-1-2-6-19/h3-4,7-12,19H,1-2,5-6,13-16H2,(H,29,33)(H,30,34). The molecule has 10 heteroatoms. The van der Waals surface area contributed by atoms with E-state index in [-0.39, 0.29) is 23.7 Å². The van der Waals surface area contributed by atoms with Crippen LogP contribution in [-0.2, 0) is 29.1 Å². The second-order valence-corrected chi connectivity index (χ2v) is 9.75. The van der Waals surface area contributed by atoms with E-state index in [1.165, 1.54) is 4.57 Å². The molecule has 1 fully saturated rings. The molecule has 2 N–H and O–H groups in total. The second kappa shape index (κ2) is 10.6. The van der Waals surface area contributed by atoms with Gasteiger partial charge in [0.2, 0.25) is 17.4 Å². The molecule has 1 aliphatic rings. The number of nitrogens with one attached hydrogen (secondary N) is 2. The average Bonchev–Trinajstić information content (AvgIpc) is 3.53. The number of nitrogens with zero attached hydrogens (tertiary/aromatic N) is 2. The number of benzene rings is 2. The number of aromatic nitrogens is 2. The van der Waals surface area contributed by atoms with Gasteiger partial charge < -0.3 is 15.1 Å². The fourth-order valence-electron chi connectivity index (χ4n) is 4.87. The zero-order valence-corrected chi connectivity index (χ0v) is 20.9. The van der Waals surface area contributed by atoms with Crippen LogP contribution in [0.2, 0.25) is 5.02 Å². The number of hydrogen-bond donors (Lipinski definition) is 2. The van der Waals surface area contributed by atoms with E-state index in [0.717, 1.165) is 35.8 Å². The number of rotatable bonds is 8. The van der Waals surface area contributed by atoms with Crippen molar-refractivity contribution >= 4 is 45.5 Å². The molecular weight excluding hydrogens is 496 g/mol. The summed E-state index contributed by atoms with van der Waals surface area (Å²) in [5.41, 5.74) is 0.163. The molecule has 0 atom stereocenters. The van der Waals surface area contributed by atoms with Gasteiger partial charge >= 0.3 is 5.69 Å². The van der Waals surface area contributed by atoms with Gasteiger partial charge in [-0.15, -0.1) is 0 Å². The molecule has 1 aliphatic carbocycles. The molecule has 0 radical (unpaired) electrons. The predicted molar refractivity (Wildman–Crippen MR) is 141 cm³/mol. The van der Waals surface area contributed by atoms with Gasteiger partial charge in [0.05, 0.1) is 0 Å². The summed E-state index contributed by atoms with van der Waals surface area (Å²) in [6, 6.07) is 14.3. The molecular formula is C27H27ClN4O5. The largest absolute Gasteiger partial charge is 0.449 e. The fraction of sp³-hybridized carbons (Fsp3) is 0.333. The van der Waals surface area contributed by atoms with Gasteiger partial charge in [-0.25, -0.2) is 9.36 Å². The zero-order chi connectivity index (χ0) is 25.9. The maximum atomic E-state index is 13.5. The Morgan fingerprint density at radius 3 is 2.41 bits per heavy atom. The lowest BCUT2D eigenvalue weighted by atomic mass is 10.1. The van der Waals surface area contributed by atoms with E-state index in [1.54, 1.807) is 36.4 Å². The van der Waals surface area contributed by atoms with Crippen LogP contribution < -0.4 is 21.9 Å². The van der Waals surface area contributed by atoms with E-state index in [2.05, 4.69) is 10.6 Å². The minimum absolute atomic E-state index is 0.0479. The topological polar surface area (TPSA) is 115 Å². The number of hydrogen-bond acceptors (Lipinski definition) is 5. The second-order valence-electron chi connectivity index (χ2n) is 9.31. The number of fused-ring (bicyclic) bond motifs is 3. The average molecular weight is 523 g/mol. The highest BCUT2D eigenvalue weighted by atomic mass is 35.5. The van der Waals surface area contributed by atoms with Crippen molar-refractivity contribution in [3.63, 3.8) is 0 Å². The van der Waals surface area contributed by atoms with E-state index >= 15 is 0 Å². The summed E-state index contributed by atoms with van der Waals surface area (Å²) in [5.74, 6) is -0.816. The molecule has 37 heavy (non-hydrogen) atoms. The Balaban J connectivity index is 1.43. The maximum absolute atomic E-state index is 13.5. The molecule has 2 aromatic carbocycles. The highest BCUT2D eigenvalue weighted by Crippen LogP contribution is 2.25. The summed E-state index contributed by atoms with van der Waals surface area (Å²) in [5, 5.41) is 6.90. The molecule has 9 nitrogen and oxygen atoms in total. The first-order chi connectivity index (χ1) is 17.9. The molecule has 4 aromatic rings. The van der Waals surface area contributed by atoms with Crippen LogP contribution in [0.4, 0.5) is 0 Å². The van der Waals surface area contributed by atoms with Gasteiger partial charge in [0.25, 0.3) is 5.56 Å². The molecule has 5 rings (SSSR count). The van der Waals surface area contributed by atoms with E-state index in [4.69, 9.17) is 16.0 Å². The molecule has 2 heterocycles. The number of carbonyl (C=O) groups is 2. The van der Waals surface area contributed by atoms with Crippen molar-refractivity contribution in [1.82, 2.24) is 19.8 Å². The maximum Gasteiger partial charge on any atom is 0.332 e. The Bertz CT molecular complexity index is 1580. The summed E-state index contributed by atoms with van der Waals surface area (Å²) in [6.45, 7) is -0.419. The van der Waals surface area contributed by atoms with Gasteiger partial charge in [-0.3, -0.25) is 19.0 Å². The lowest BCUT2D eigenvalue weighted by Gasteiger charge is -2.14. The number of carbonyl (C=O) groups excluding carboxylic acids is 2. The van der Waals surface area contributed by atoms with Crippen molar-refractivity contribution in [3.05, 3.63) is 80.0 Å². The van der Waals surface area contributed by atoms with Crippen LogP contribution in [0.5, 0.6) is 0 Å². The Morgan fingerprint density at radius 2 is 1.65 bits per heavy atom. The molecule has 192 valence electrons. The zero-order valence-electron chi connectivity index (χ0n) is 20.2. The SMILES string of the molecule is O=C(Cn1c(=O)n(CC(=O)NC2CCCC2)c(=O)c2oc3ccccc3c21)NCCc1ccc(Cl)cc1. The predicted octanol–water partition coefficient (Wildman–Crippen LogP) is 2.98. The van der Waals surface area contributed by atoms with E-state index in [1.807, 2.05) is 12.1 Å². The normalized spacial score (nSPS) is 13.9. The first-order valence-corrected chi connectivity index (χ1v) is 12.7. The van der Waals surface area contributed by atoms with E-state index in [9.17, 15) is 19.2 Å². The fourth-order valence-corrected chi connectivity index (χ4v) is 4.99. The summed E-state index contributed by atoms with van der Waals surface area (Å²) >= 11 is 5.92. The van der Waals surface area contributed by atoms with Gasteiger partial charge in [0.1, 0.15) is 24.2 Å². The summed E-state index contributed by atoms with van der Waals surface area (Å²) in [4.78, 5) is 52.3. The number of para-hydroxylation sites is 1. The van der Waals surface area contributed by atoms with Crippen molar-refractivity contribution in [2.24, 2.45) is 0 Å². The lowest BCUT2D eigenvalue weighted by Crippen LogP contribution is -2.46. The number of furan rings is 1. The first-order valence-electron chi connectivity index (χ1n) is 12.4. The van der Waals surface area contributed by atoms with Crippen LogP contribution in [-0.4, -0.2) is 33.5 Å². The van der Waals surface area contributed by atoms with Crippen LogP contribution in [0, 0.1) is 0 Å². The third-order valence-corrected chi connectivity index (χ3v) is 6.97. The van der Waals surface area contributed by atoms with Gasteiger partial charge in [-0.1, -0.05) is 48.7 Å². The Labute approximate surface area is 217 Å². The van der Waals surface area contributed by atoms with E-state index < -0.39 is 29.6 Å². The van der Waals surface area contributed by atoms with Crippen molar-refractivity contribution < 1.29 is 14.0 Å². The molecule has 2 aromatic heterocycles. The molecule has 0 bridgehead atoms. The Hall–Kier alpha value is -3.85. The minimum Gasteiger partial charge on any atom is -0.449 e. The van der Waals surface area contributed by atoms with Gasteiger partial charge in [-0.05, 0) is 49.1 Å². The Kier molecular flexibility index (Phi) is 7.14. The lowest BCUT2D eigenvalue weighted by molar-refractivity contribution is -0.122. The number of halogens is 1. The summed E-state index contributed by atoms with van der Waals surface area (Å²) in [6.07, 6.45) is 4.42. The highest BCUT2D eigenvalue weighted by Gasteiger charge is 2.23. The third-order valence-electron chi connectivity index (χ3n) is 6.71. The van der Waals surface area contributed by atoms with Crippen LogP contribution in [0.3, 0.4) is 0 Å². The monoisotopic (exact) mass is 522 g/mol. The van der Waals surface area contributed by atoms with Crippen LogP contribution >= 0.6 is 11.6 Å². The third kappa shape index (κ3) is 5.32. The van der Waals surface area contributed by atoms with Crippen LogP contribution in [0.15, 0.2) is 62.5 Å². The summed E-state index contributed by atoms with van der Waals surface area (Å²) in [7, 11) is 0. The van der Waals surface area contributed by atoms with Gasteiger partial charge in [0, 0.05) is 23.0 Å². The quantitative estimate of drug-likeness (QED) is 0.369. The number of amides is 2. The Morgan fingerprint density at radius 1 is 0.946 bits per heavy atom. The molecule has 1 saturated carbocycles. The van der Waals surface area contributed by atoms with Crippen molar-refractivity contribution in [1.29, 1.82) is 0 Å². The van der Waals surface area contributed by atoms with Crippen molar-refractivity contribution in [3.8, 4) is 0 Å². The molecule has 2 amide bonds.